The Morgan fingerprint density at radius 3 is 3.18 bits per heavy atom. The number of rotatable bonds is 0. The Bertz CT molecular complexity index is 273. The number of aromatic nitrogens is 2. The molecule has 0 aromatic carbocycles. The summed E-state index contributed by atoms with van der Waals surface area (Å²) in [6, 6.07) is 0. The van der Waals surface area contributed by atoms with Crippen LogP contribution in [0.5, 0.6) is 0 Å². The molecule has 3 nitrogen and oxygen atoms in total. The Morgan fingerprint density at radius 1 is 1.55 bits per heavy atom. The zero-order chi connectivity index (χ0) is 7.84. The fraction of sp³-hybridized carbons (Fsp3) is 0.500. The van der Waals surface area contributed by atoms with Gasteiger partial charge >= 0.3 is 0 Å². The maximum atomic E-state index is 12.6. The molecule has 2 rings (SSSR count). The first-order chi connectivity index (χ1) is 5.25. The van der Waals surface area contributed by atoms with Gasteiger partial charge in [-0.05, 0) is 0 Å². The van der Waals surface area contributed by atoms with Gasteiger partial charge in [-0.3, -0.25) is 0 Å². The molecular formula is C6H7FIN3. The highest BCUT2D eigenvalue weighted by Gasteiger charge is 2.15. The zero-order valence-corrected chi connectivity index (χ0v) is 7.95. The Morgan fingerprint density at radius 2 is 2.36 bits per heavy atom. The van der Waals surface area contributed by atoms with Gasteiger partial charge in [-0.15, -0.1) is 0 Å². The third-order valence-corrected chi connectivity index (χ3v) is 2.55. The Kier molecular flexibility index (Phi) is 1.84. The van der Waals surface area contributed by atoms with E-state index in [4.69, 9.17) is 0 Å². The minimum Gasteiger partial charge on any atom is -0.329 e. The van der Waals surface area contributed by atoms with Crippen molar-refractivity contribution >= 4 is 22.9 Å². The van der Waals surface area contributed by atoms with E-state index in [0.717, 1.165) is 25.5 Å². The predicted molar refractivity (Wildman–Crippen MR) is 46.6 cm³/mol. The fourth-order valence-corrected chi connectivity index (χ4v) is 1.71. The van der Waals surface area contributed by atoms with Crippen molar-refractivity contribution in [2.45, 2.75) is 13.1 Å². The van der Waals surface area contributed by atoms with Gasteiger partial charge in [0.1, 0.15) is 5.82 Å². The van der Waals surface area contributed by atoms with Crippen molar-refractivity contribution in [2.75, 3.05) is 6.54 Å². The zero-order valence-electron chi connectivity index (χ0n) is 5.80. The van der Waals surface area contributed by atoms with Gasteiger partial charge < -0.3 is 4.57 Å². The van der Waals surface area contributed by atoms with E-state index in [-0.39, 0.29) is 5.95 Å². The molecule has 0 fully saturated rings. The molecule has 0 spiro atoms. The molecule has 0 radical (unpaired) electrons. The van der Waals surface area contributed by atoms with E-state index in [9.17, 15) is 4.39 Å². The minimum atomic E-state index is -0.369. The second kappa shape index (κ2) is 2.71. The van der Waals surface area contributed by atoms with E-state index < -0.39 is 0 Å². The summed E-state index contributed by atoms with van der Waals surface area (Å²) in [5, 5.41) is 0. The largest absolute Gasteiger partial charge is 0.329 e. The van der Waals surface area contributed by atoms with Crippen molar-refractivity contribution in [1.29, 1.82) is 0 Å². The van der Waals surface area contributed by atoms with Crippen LogP contribution < -0.4 is 0 Å². The van der Waals surface area contributed by atoms with E-state index in [2.05, 4.69) is 31.0 Å². The molecule has 0 unspecified atom stereocenters. The number of nitrogens with zero attached hydrogens (tertiary/aromatic N) is 3. The van der Waals surface area contributed by atoms with E-state index >= 15 is 0 Å². The number of halogens is 2. The lowest BCUT2D eigenvalue weighted by Gasteiger charge is -2.20. The van der Waals surface area contributed by atoms with Crippen LogP contribution in [0.1, 0.15) is 5.82 Å². The summed E-state index contributed by atoms with van der Waals surface area (Å²) >= 11 is 2.22. The second-order valence-electron chi connectivity index (χ2n) is 2.52. The highest BCUT2D eigenvalue weighted by Crippen LogP contribution is 2.14. The Hall–Kier alpha value is -0.170. The van der Waals surface area contributed by atoms with Crippen molar-refractivity contribution in [3.8, 4) is 0 Å². The summed E-state index contributed by atoms with van der Waals surface area (Å²) in [6.45, 7) is 2.54. The molecule has 2 heterocycles. The van der Waals surface area contributed by atoms with Crippen molar-refractivity contribution in [3.05, 3.63) is 18.0 Å². The van der Waals surface area contributed by atoms with E-state index in [1.54, 1.807) is 0 Å². The van der Waals surface area contributed by atoms with Crippen molar-refractivity contribution < 1.29 is 4.39 Å². The Labute approximate surface area is 77.7 Å². The van der Waals surface area contributed by atoms with E-state index in [1.807, 2.05) is 4.57 Å². The first kappa shape index (κ1) is 7.48. The standard InChI is InChI=1S/C6H7FIN3/c7-5-3-10-1-2-11(8)4-6(10)9-5/h3H,1-2,4H2. The highest BCUT2D eigenvalue weighted by molar-refractivity contribution is 14.1. The minimum absolute atomic E-state index is 0.369. The van der Waals surface area contributed by atoms with Gasteiger partial charge in [0.25, 0.3) is 0 Å². The van der Waals surface area contributed by atoms with Gasteiger partial charge in [0.15, 0.2) is 0 Å². The summed E-state index contributed by atoms with van der Waals surface area (Å²) in [7, 11) is 0. The van der Waals surface area contributed by atoms with Crippen LogP contribution in [0.15, 0.2) is 6.20 Å². The molecule has 0 saturated heterocycles. The van der Waals surface area contributed by atoms with Gasteiger partial charge in [0.05, 0.1) is 12.7 Å². The summed E-state index contributed by atoms with van der Waals surface area (Å²) in [4.78, 5) is 3.75. The van der Waals surface area contributed by atoms with Gasteiger partial charge in [-0.25, -0.2) is 8.10 Å². The molecule has 0 N–H and O–H groups in total. The van der Waals surface area contributed by atoms with E-state index in [0.29, 0.717) is 0 Å². The van der Waals surface area contributed by atoms with Crippen LogP contribution in [0.25, 0.3) is 0 Å². The first-order valence-electron chi connectivity index (χ1n) is 3.38. The van der Waals surface area contributed by atoms with Crippen LogP contribution in [0.2, 0.25) is 0 Å². The maximum Gasteiger partial charge on any atom is 0.230 e. The average Bonchev–Trinajstić information content (AvgIpc) is 2.27. The van der Waals surface area contributed by atoms with Gasteiger partial charge in [-0.1, -0.05) is 0 Å². The topological polar surface area (TPSA) is 21.1 Å². The molecule has 1 aliphatic rings. The highest BCUT2D eigenvalue weighted by atomic mass is 127. The van der Waals surface area contributed by atoms with Gasteiger partial charge in [0, 0.05) is 36.0 Å². The lowest BCUT2D eigenvalue weighted by Crippen LogP contribution is -2.25. The number of fused-ring (bicyclic) bond motifs is 1. The lowest BCUT2D eigenvalue weighted by molar-refractivity contribution is 0.395. The molecule has 1 aliphatic heterocycles. The summed E-state index contributed by atoms with van der Waals surface area (Å²) in [5.41, 5.74) is 0. The fourth-order valence-electron chi connectivity index (χ4n) is 1.19. The molecule has 0 aliphatic carbocycles. The van der Waals surface area contributed by atoms with Crippen LogP contribution in [0, 0.1) is 5.95 Å². The van der Waals surface area contributed by atoms with Crippen LogP contribution >= 0.6 is 22.9 Å². The quantitative estimate of drug-likeness (QED) is 0.520. The molecule has 60 valence electrons. The number of hydrogen-bond donors (Lipinski definition) is 0. The SMILES string of the molecule is Fc1cn2c(n1)CN(I)CC2. The normalized spacial score (nSPS) is 18.4. The molecule has 0 saturated carbocycles. The maximum absolute atomic E-state index is 12.6. The summed E-state index contributed by atoms with van der Waals surface area (Å²) in [6.07, 6.45) is 1.46. The summed E-state index contributed by atoms with van der Waals surface area (Å²) < 4.78 is 16.5. The van der Waals surface area contributed by atoms with Crippen LogP contribution in [0.4, 0.5) is 4.39 Å². The van der Waals surface area contributed by atoms with Crippen molar-refractivity contribution in [1.82, 2.24) is 12.7 Å². The van der Waals surface area contributed by atoms with Gasteiger partial charge in [0.2, 0.25) is 5.95 Å². The van der Waals surface area contributed by atoms with Gasteiger partial charge in [-0.2, -0.15) is 4.39 Å². The predicted octanol–water partition coefficient (Wildman–Crippen LogP) is 1.19. The molecule has 1 aromatic rings. The third-order valence-electron chi connectivity index (χ3n) is 1.73. The average molecular weight is 267 g/mol. The first-order valence-corrected chi connectivity index (χ1v) is 4.34. The number of hydrogen-bond acceptors (Lipinski definition) is 2. The molecular weight excluding hydrogens is 260 g/mol. The van der Waals surface area contributed by atoms with Crippen LogP contribution in [-0.4, -0.2) is 19.2 Å². The second-order valence-corrected chi connectivity index (χ2v) is 3.88. The third kappa shape index (κ3) is 1.39. The van der Waals surface area contributed by atoms with Crippen LogP contribution in [0.3, 0.4) is 0 Å². The van der Waals surface area contributed by atoms with Crippen molar-refractivity contribution in [2.24, 2.45) is 0 Å². The molecule has 1 aromatic heterocycles. The van der Waals surface area contributed by atoms with E-state index in [1.165, 1.54) is 6.20 Å². The number of imidazole rings is 1. The summed E-state index contributed by atoms with van der Waals surface area (Å²) in [5.74, 6) is 0.454. The lowest BCUT2D eigenvalue weighted by atomic mass is 10.4. The smallest absolute Gasteiger partial charge is 0.230 e. The van der Waals surface area contributed by atoms with Crippen molar-refractivity contribution in [3.63, 3.8) is 0 Å². The molecule has 0 atom stereocenters. The monoisotopic (exact) mass is 267 g/mol. The molecule has 11 heavy (non-hydrogen) atoms. The Balaban J connectivity index is 2.34. The van der Waals surface area contributed by atoms with Crippen LogP contribution in [-0.2, 0) is 13.1 Å². The molecule has 5 heteroatoms. The molecule has 0 amide bonds. The molecule has 0 bridgehead atoms.